The Bertz CT molecular complexity index is 542. The molecule has 1 N–H and O–H groups in total. The van der Waals surface area contributed by atoms with Crippen molar-refractivity contribution in [3.63, 3.8) is 0 Å². The number of benzene rings is 1. The largest absolute Gasteiger partial charge is 0.307 e. The van der Waals surface area contributed by atoms with Gasteiger partial charge in [-0.15, -0.1) is 0 Å². The second-order valence-corrected chi connectivity index (χ2v) is 7.26. The zero-order valence-corrected chi connectivity index (χ0v) is 11.4. The summed E-state index contributed by atoms with van der Waals surface area (Å²) in [5.41, 5.74) is 1.28. The maximum absolute atomic E-state index is 13.5. The zero-order valence-electron chi connectivity index (χ0n) is 10.6. The molecule has 100 valence electrons. The van der Waals surface area contributed by atoms with E-state index < -0.39 is 9.84 Å². The monoisotopic (exact) mass is 271 g/mol. The first-order valence-electron chi connectivity index (χ1n) is 6.10. The minimum atomic E-state index is -3.06. The number of hydrogen-bond acceptors (Lipinski definition) is 3. The third-order valence-corrected chi connectivity index (χ3v) is 5.07. The molecule has 18 heavy (non-hydrogen) atoms. The molecule has 1 aromatic rings. The lowest BCUT2D eigenvalue weighted by molar-refractivity contribution is 0.481. The van der Waals surface area contributed by atoms with Gasteiger partial charge in [0, 0.05) is 12.1 Å². The molecule has 1 aliphatic heterocycles. The van der Waals surface area contributed by atoms with E-state index in [0.717, 1.165) is 0 Å². The van der Waals surface area contributed by atoms with Crippen LogP contribution in [0.15, 0.2) is 18.2 Å². The van der Waals surface area contributed by atoms with Gasteiger partial charge >= 0.3 is 0 Å². The van der Waals surface area contributed by atoms with E-state index in [9.17, 15) is 12.8 Å². The average molecular weight is 271 g/mol. The van der Waals surface area contributed by atoms with E-state index in [1.807, 2.05) is 6.92 Å². The number of sulfone groups is 1. The van der Waals surface area contributed by atoms with Crippen LogP contribution in [0.3, 0.4) is 0 Å². The van der Waals surface area contributed by atoms with Crippen molar-refractivity contribution in [3.8, 4) is 0 Å². The lowest BCUT2D eigenvalue weighted by Crippen LogP contribution is -2.31. The molecule has 0 saturated carbocycles. The maximum Gasteiger partial charge on any atom is 0.152 e. The summed E-state index contributed by atoms with van der Waals surface area (Å²) in [5, 5.41) is 3.25. The Kier molecular flexibility index (Phi) is 3.73. The molecule has 2 atom stereocenters. The first-order valence-corrected chi connectivity index (χ1v) is 7.92. The molecule has 2 rings (SSSR count). The van der Waals surface area contributed by atoms with Crippen molar-refractivity contribution in [1.82, 2.24) is 5.32 Å². The third-order valence-electron chi connectivity index (χ3n) is 3.37. The molecule has 0 radical (unpaired) electrons. The third kappa shape index (κ3) is 3.09. The van der Waals surface area contributed by atoms with Crippen molar-refractivity contribution in [1.29, 1.82) is 0 Å². The van der Waals surface area contributed by atoms with Gasteiger partial charge in [-0.25, -0.2) is 12.8 Å². The van der Waals surface area contributed by atoms with Crippen LogP contribution in [-0.2, 0) is 9.84 Å². The smallest absolute Gasteiger partial charge is 0.152 e. The van der Waals surface area contributed by atoms with Gasteiger partial charge in [0.05, 0.1) is 11.5 Å². The Balaban J connectivity index is 2.32. The number of rotatable bonds is 1. The quantitative estimate of drug-likeness (QED) is 0.849. The van der Waals surface area contributed by atoms with Crippen molar-refractivity contribution in [3.05, 3.63) is 35.1 Å². The van der Waals surface area contributed by atoms with Crippen molar-refractivity contribution in [2.75, 3.05) is 11.5 Å². The predicted molar refractivity (Wildman–Crippen MR) is 69.7 cm³/mol. The summed E-state index contributed by atoms with van der Waals surface area (Å²) in [6.07, 6.45) is 0.604. The molecule has 1 aromatic carbocycles. The zero-order chi connectivity index (χ0) is 13.3. The molecule has 5 heteroatoms. The summed E-state index contributed by atoms with van der Waals surface area (Å²) in [5.74, 6) is -0.0464. The van der Waals surface area contributed by atoms with Gasteiger partial charge in [0.25, 0.3) is 0 Å². The van der Waals surface area contributed by atoms with Crippen LogP contribution in [0.2, 0.25) is 0 Å². The summed E-state index contributed by atoms with van der Waals surface area (Å²) >= 11 is 0. The van der Waals surface area contributed by atoms with E-state index in [1.165, 1.54) is 6.07 Å². The summed E-state index contributed by atoms with van der Waals surface area (Å²) in [6, 6.07) is 4.72. The highest BCUT2D eigenvalue weighted by atomic mass is 32.2. The van der Waals surface area contributed by atoms with Crippen molar-refractivity contribution < 1.29 is 12.8 Å². The number of halogens is 1. The van der Waals surface area contributed by atoms with Crippen LogP contribution in [0.4, 0.5) is 4.39 Å². The SMILES string of the molecule is Cc1ccc(C2CS(=O)(=O)CCC(C)N2)cc1F. The summed E-state index contributed by atoms with van der Waals surface area (Å²) in [4.78, 5) is 0. The fourth-order valence-corrected chi connectivity index (χ4v) is 3.86. The van der Waals surface area contributed by atoms with E-state index in [-0.39, 0.29) is 29.4 Å². The maximum atomic E-state index is 13.5. The van der Waals surface area contributed by atoms with Crippen LogP contribution in [0.25, 0.3) is 0 Å². The molecule has 1 saturated heterocycles. The minimum absolute atomic E-state index is 0.0415. The Morgan fingerprint density at radius 2 is 2.11 bits per heavy atom. The number of aryl methyl sites for hydroxylation is 1. The Hall–Kier alpha value is -0.940. The molecule has 1 aliphatic rings. The van der Waals surface area contributed by atoms with E-state index in [4.69, 9.17) is 0 Å². The van der Waals surface area contributed by atoms with Crippen LogP contribution in [0.5, 0.6) is 0 Å². The fourth-order valence-electron chi connectivity index (χ4n) is 2.19. The molecular formula is C13H18FNO2S. The Labute approximate surface area is 107 Å². The summed E-state index contributed by atoms with van der Waals surface area (Å²) in [6.45, 7) is 3.65. The van der Waals surface area contributed by atoms with E-state index in [1.54, 1.807) is 19.1 Å². The standard InChI is InChI=1S/C13H18FNO2S/c1-9-3-4-11(7-12(9)14)13-8-18(16,17)6-5-10(2)15-13/h3-4,7,10,13,15H,5-6,8H2,1-2H3. The van der Waals surface area contributed by atoms with Crippen LogP contribution < -0.4 is 5.32 Å². The molecule has 0 aromatic heterocycles. The first kappa shape index (κ1) is 13.5. The molecule has 2 unspecified atom stereocenters. The van der Waals surface area contributed by atoms with Crippen LogP contribution in [0.1, 0.15) is 30.5 Å². The molecule has 3 nitrogen and oxygen atoms in total. The normalized spacial score (nSPS) is 27.7. The molecule has 0 bridgehead atoms. The van der Waals surface area contributed by atoms with Crippen LogP contribution >= 0.6 is 0 Å². The van der Waals surface area contributed by atoms with Gasteiger partial charge in [-0.2, -0.15) is 0 Å². The first-order chi connectivity index (χ1) is 8.37. The van der Waals surface area contributed by atoms with Crippen LogP contribution in [0, 0.1) is 12.7 Å². The van der Waals surface area contributed by atoms with Gasteiger partial charge in [-0.05, 0) is 37.5 Å². The second-order valence-electron chi connectivity index (χ2n) is 5.03. The van der Waals surface area contributed by atoms with Gasteiger partial charge in [0.1, 0.15) is 5.82 Å². The highest BCUT2D eigenvalue weighted by molar-refractivity contribution is 7.91. The molecule has 0 aliphatic carbocycles. The van der Waals surface area contributed by atoms with Gasteiger partial charge < -0.3 is 5.32 Å². The van der Waals surface area contributed by atoms with E-state index in [2.05, 4.69) is 5.32 Å². The van der Waals surface area contributed by atoms with Crippen LogP contribution in [-0.4, -0.2) is 26.0 Å². The van der Waals surface area contributed by atoms with Crippen molar-refractivity contribution in [2.24, 2.45) is 0 Å². The summed E-state index contributed by atoms with van der Waals surface area (Å²) in [7, 11) is -3.06. The number of nitrogens with one attached hydrogen (secondary N) is 1. The Morgan fingerprint density at radius 3 is 2.78 bits per heavy atom. The van der Waals surface area contributed by atoms with Crippen molar-refractivity contribution in [2.45, 2.75) is 32.4 Å². The second kappa shape index (κ2) is 4.97. The molecular weight excluding hydrogens is 253 g/mol. The topological polar surface area (TPSA) is 46.2 Å². The minimum Gasteiger partial charge on any atom is -0.307 e. The highest BCUT2D eigenvalue weighted by Gasteiger charge is 2.27. The molecule has 0 amide bonds. The summed E-state index contributed by atoms with van der Waals surface area (Å²) < 4.78 is 37.2. The Morgan fingerprint density at radius 1 is 1.39 bits per heavy atom. The van der Waals surface area contributed by atoms with Gasteiger partial charge in [0.2, 0.25) is 0 Å². The fraction of sp³-hybridized carbons (Fsp3) is 0.538. The van der Waals surface area contributed by atoms with Gasteiger partial charge in [-0.3, -0.25) is 0 Å². The average Bonchev–Trinajstić information content (AvgIpc) is 2.42. The van der Waals surface area contributed by atoms with Gasteiger partial charge in [-0.1, -0.05) is 12.1 Å². The lowest BCUT2D eigenvalue weighted by atomic mass is 10.0. The van der Waals surface area contributed by atoms with Crippen molar-refractivity contribution >= 4 is 9.84 Å². The molecule has 0 spiro atoms. The predicted octanol–water partition coefficient (Wildman–Crippen LogP) is 1.97. The van der Waals surface area contributed by atoms with Gasteiger partial charge in [0.15, 0.2) is 9.84 Å². The van der Waals surface area contributed by atoms with E-state index >= 15 is 0 Å². The molecule has 1 heterocycles. The highest BCUT2D eigenvalue weighted by Crippen LogP contribution is 2.22. The molecule has 1 fully saturated rings. The lowest BCUT2D eigenvalue weighted by Gasteiger charge is -2.19. The van der Waals surface area contributed by atoms with E-state index in [0.29, 0.717) is 17.5 Å². The number of hydrogen-bond donors (Lipinski definition) is 1.